The number of likely N-dealkylation sites (tertiary alicyclic amines) is 2. The number of carbonyl (C=O) groups is 1. The molecule has 3 aliphatic heterocycles. The quantitative estimate of drug-likeness (QED) is 0.803. The number of piperidine rings is 1. The van der Waals surface area contributed by atoms with E-state index in [-0.39, 0.29) is 6.09 Å². The second kappa shape index (κ2) is 6.67. The second-order valence-corrected chi connectivity index (χ2v) is 8.35. The molecule has 1 saturated carbocycles. The molecular formula is C18H31N5O2. The number of nitrogens with zero attached hydrogens (tertiary/aromatic N) is 3. The Kier molecular flexibility index (Phi) is 4.52. The molecule has 3 heterocycles. The van der Waals surface area contributed by atoms with Gasteiger partial charge in [0.05, 0.1) is 12.6 Å². The lowest BCUT2D eigenvalue weighted by Gasteiger charge is -2.52. The Morgan fingerprint density at radius 1 is 1.36 bits per heavy atom. The Bertz CT molecular complexity index is 538. The lowest BCUT2D eigenvalue weighted by Crippen LogP contribution is -2.55. The Morgan fingerprint density at radius 3 is 2.76 bits per heavy atom. The number of hydrogen-bond acceptors (Lipinski definition) is 6. The maximum Gasteiger partial charge on any atom is 0.409 e. The van der Waals surface area contributed by atoms with Gasteiger partial charge in [0.25, 0.3) is 0 Å². The highest BCUT2D eigenvalue weighted by molar-refractivity contribution is 5.82. The summed E-state index contributed by atoms with van der Waals surface area (Å²) < 4.78 is 5.15. The fraction of sp³-hybridized carbons (Fsp3) is 0.889. The summed E-state index contributed by atoms with van der Waals surface area (Å²) in [6.07, 6.45) is 6.87. The Labute approximate surface area is 149 Å². The smallest absolute Gasteiger partial charge is 0.409 e. The minimum atomic E-state index is -0.130. The first-order valence-corrected chi connectivity index (χ1v) is 9.82. The minimum absolute atomic E-state index is 0.130. The first kappa shape index (κ1) is 16.9. The molecular weight excluding hydrogens is 318 g/mol. The summed E-state index contributed by atoms with van der Waals surface area (Å²) >= 11 is 0. The minimum Gasteiger partial charge on any atom is -0.450 e. The number of ether oxygens (including phenoxy) is 1. The maximum atomic E-state index is 11.9. The van der Waals surface area contributed by atoms with E-state index in [1.165, 1.54) is 38.8 Å². The molecule has 1 atom stereocenters. The van der Waals surface area contributed by atoms with Crippen LogP contribution in [-0.4, -0.2) is 66.6 Å². The predicted octanol–water partition coefficient (Wildman–Crippen LogP) is 1.34. The lowest BCUT2D eigenvalue weighted by atomic mass is 9.64. The molecule has 0 radical (unpaired) electrons. The van der Waals surface area contributed by atoms with Crippen LogP contribution in [0.5, 0.6) is 0 Å². The van der Waals surface area contributed by atoms with Gasteiger partial charge in [-0.1, -0.05) is 0 Å². The predicted molar refractivity (Wildman–Crippen MR) is 96.1 cm³/mol. The zero-order valence-electron chi connectivity index (χ0n) is 15.2. The van der Waals surface area contributed by atoms with Gasteiger partial charge in [0.2, 0.25) is 0 Å². The molecule has 3 N–H and O–H groups in total. The van der Waals surface area contributed by atoms with Gasteiger partial charge in [0.15, 0.2) is 0 Å². The topological polar surface area (TPSA) is 83.2 Å². The molecule has 7 nitrogen and oxygen atoms in total. The highest BCUT2D eigenvalue weighted by atomic mass is 16.6. The fourth-order valence-corrected chi connectivity index (χ4v) is 5.28. The average molecular weight is 349 g/mol. The van der Waals surface area contributed by atoms with Crippen molar-refractivity contribution in [3.8, 4) is 0 Å². The van der Waals surface area contributed by atoms with Gasteiger partial charge in [-0.15, -0.1) is 0 Å². The molecule has 140 valence electrons. The molecule has 4 aliphatic rings. The van der Waals surface area contributed by atoms with Crippen LogP contribution in [0.25, 0.3) is 0 Å². The van der Waals surface area contributed by atoms with E-state index in [4.69, 9.17) is 10.5 Å². The Hall–Kier alpha value is -1.50. The molecule has 0 bridgehead atoms. The summed E-state index contributed by atoms with van der Waals surface area (Å²) in [6.45, 7) is 6.46. The Balaban J connectivity index is 1.21. The number of amidine groups is 1. The van der Waals surface area contributed by atoms with Crippen LogP contribution in [-0.2, 0) is 4.74 Å². The molecule has 1 unspecified atom stereocenters. The Morgan fingerprint density at radius 2 is 2.12 bits per heavy atom. The van der Waals surface area contributed by atoms with Crippen LogP contribution in [0.2, 0.25) is 0 Å². The van der Waals surface area contributed by atoms with Crippen molar-refractivity contribution in [2.75, 3.05) is 32.8 Å². The van der Waals surface area contributed by atoms with Crippen molar-refractivity contribution in [1.29, 1.82) is 0 Å². The van der Waals surface area contributed by atoms with E-state index in [1.54, 1.807) is 0 Å². The second-order valence-electron chi connectivity index (χ2n) is 8.35. The average Bonchev–Trinajstić information content (AvgIpc) is 3.21. The van der Waals surface area contributed by atoms with Crippen molar-refractivity contribution < 1.29 is 9.53 Å². The third-order valence-electron chi connectivity index (χ3n) is 6.76. The summed E-state index contributed by atoms with van der Waals surface area (Å²) in [5, 5.41) is 4.15. The first-order chi connectivity index (χ1) is 12.1. The molecule has 3 fully saturated rings. The molecule has 1 spiro atoms. The standard InChI is InChI=1S/C18H31N5O2/c1-2-25-17(24)23-8-5-18(12-23)10-14(11-18)22-6-3-13(4-7-22)15-9-16(19)21-20-15/h13-15,20H,2-12H2,1H3,(H2,19,21). The third kappa shape index (κ3) is 3.30. The number of carbonyl (C=O) groups excluding carboxylic acids is 1. The van der Waals surface area contributed by atoms with Crippen LogP contribution in [0.1, 0.15) is 45.4 Å². The van der Waals surface area contributed by atoms with Gasteiger partial charge in [-0.2, -0.15) is 5.10 Å². The lowest BCUT2D eigenvalue weighted by molar-refractivity contribution is -0.0116. The zero-order chi connectivity index (χ0) is 17.4. The highest BCUT2D eigenvalue weighted by Crippen LogP contribution is 2.50. The van der Waals surface area contributed by atoms with Crippen molar-refractivity contribution in [2.24, 2.45) is 22.2 Å². The molecule has 2 saturated heterocycles. The zero-order valence-corrected chi connectivity index (χ0v) is 15.2. The van der Waals surface area contributed by atoms with Crippen molar-refractivity contribution in [3.05, 3.63) is 0 Å². The molecule has 0 aromatic heterocycles. The van der Waals surface area contributed by atoms with Gasteiger partial charge in [-0.05, 0) is 63.5 Å². The highest BCUT2D eigenvalue weighted by Gasteiger charge is 2.51. The number of hydrazone groups is 1. The SMILES string of the molecule is CCOC(=O)N1CCC2(CC(N3CCC(C4CC(N)=NN4)CC3)C2)C1. The van der Waals surface area contributed by atoms with Crippen LogP contribution < -0.4 is 11.2 Å². The summed E-state index contributed by atoms with van der Waals surface area (Å²) in [5.74, 6) is 1.45. The van der Waals surface area contributed by atoms with E-state index in [1.807, 2.05) is 11.8 Å². The first-order valence-electron chi connectivity index (χ1n) is 9.82. The molecule has 4 rings (SSSR count). The number of rotatable bonds is 3. The molecule has 0 aromatic rings. The van der Waals surface area contributed by atoms with Gasteiger partial charge >= 0.3 is 6.09 Å². The molecule has 7 heteroatoms. The summed E-state index contributed by atoms with van der Waals surface area (Å²) in [4.78, 5) is 16.5. The van der Waals surface area contributed by atoms with Crippen molar-refractivity contribution in [2.45, 2.75) is 57.5 Å². The number of hydrogen-bond donors (Lipinski definition) is 2. The van der Waals surface area contributed by atoms with Crippen molar-refractivity contribution >= 4 is 11.9 Å². The van der Waals surface area contributed by atoms with E-state index >= 15 is 0 Å². The van der Waals surface area contributed by atoms with E-state index < -0.39 is 0 Å². The number of nitrogens with two attached hydrogens (primary N) is 1. The van der Waals surface area contributed by atoms with Crippen LogP contribution in [0.15, 0.2) is 5.10 Å². The molecule has 1 amide bonds. The molecule has 25 heavy (non-hydrogen) atoms. The van der Waals surface area contributed by atoms with E-state index in [0.29, 0.717) is 30.0 Å². The summed E-state index contributed by atoms with van der Waals surface area (Å²) in [6, 6.07) is 1.16. The number of nitrogens with one attached hydrogen (secondary N) is 1. The van der Waals surface area contributed by atoms with Gasteiger partial charge in [-0.25, -0.2) is 4.79 Å². The van der Waals surface area contributed by atoms with Crippen LogP contribution >= 0.6 is 0 Å². The van der Waals surface area contributed by atoms with Crippen molar-refractivity contribution in [1.82, 2.24) is 15.2 Å². The monoisotopic (exact) mass is 349 g/mol. The van der Waals surface area contributed by atoms with Gasteiger partial charge < -0.3 is 25.7 Å². The van der Waals surface area contributed by atoms with Gasteiger partial charge in [0, 0.05) is 25.6 Å². The molecule has 1 aliphatic carbocycles. The van der Waals surface area contributed by atoms with Crippen LogP contribution in [0, 0.1) is 11.3 Å². The van der Waals surface area contributed by atoms with E-state index in [9.17, 15) is 4.79 Å². The fourth-order valence-electron chi connectivity index (χ4n) is 5.28. The molecule has 0 aromatic carbocycles. The maximum absolute atomic E-state index is 11.9. The largest absolute Gasteiger partial charge is 0.450 e. The van der Waals surface area contributed by atoms with E-state index in [0.717, 1.165) is 31.8 Å². The number of amides is 1. The summed E-state index contributed by atoms with van der Waals surface area (Å²) in [7, 11) is 0. The summed E-state index contributed by atoms with van der Waals surface area (Å²) in [5.41, 5.74) is 9.37. The van der Waals surface area contributed by atoms with Gasteiger partial charge in [0.1, 0.15) is 5.84 Å². The van der Waals surface area contributed by atoms with Crippen LogP contribution in [0.4, 0.5) is 4.79 Å². The van der Waals surface area contributed by atoms with Crippen molar-refractivity contribution in [3.63, 3.8) is 0 Å². The van der Waals surface area contributed by atoms with Gasteiger partial charge in [-0.3, -0.25) is 0 Å². The third-order valence-corrected chi connectivity index (χ3v) is 6.76. The van der Waals surface area contributed by atoms with E-state index in [2.05, 4.69) is 15.4 Å². The van der Waals surface area contributed by atoms with Crippen LogP contribution in [0.3, 0.4) is 0 Å². The normalized spacial score (nSPS) is 36.2.